The summed E-state index contributed by atoms with van der Waals surface area (Å²) in [6.45, 7) is 5.08. The molecule has 0 fully saturated rings. The van der Waals surface area contributed by atoms with Gasteiger partial charge in [-0.25, -0.2) is 8.42 Å². The standard InChI is InChI=1S/C25H33N3O7S/c1-6-17(2)26-25(30)18(3)27(14-19-8-7-9-21(12-19)33-4)24(29)15-28(36(5,31)32)20-10-11-22-23(13-20)35-16-34-22/h7-13,17-18H,6,14-16H2,1-5H3,(H,26,30)/t17-,18-/m1/s1. The molecule has 2 aromatic rings. The van der Waals surface area contributed by atoms with Gasteiger partial charge in [0.05, 0.1) is 19.1 Å². The molecule has 1 heterocycles. The summed E-state index contributed by atoms with van der Waals surface area (Å²) in [5, 5.41) is 2.90. The molecule has 1 aliphatic heterocycles. The molecule has 2 amide bonds. The summed E-state index contributed by atoms with van der Waals surface area (Å²) in [5.41, 5.74) is 0.994. The van der Waals surface area contributed by atoms with E-state index in [0.29, 0.717) is 17.2 Å². The second kappa shape index (κ2) is 11.5. The van der Waals surface area contributed by atoms with Crippen molar-refractivity contribution in [2.75, 3.05) is 31.0 Å². The molecular formula is C25H33N3O7S. The molecule has 0 radical (unpaired) electrons. The van der Waals surface area contributed by atoms with Crippen LogP contribution in [0.5, 0.6) is 17.2 Å². The second-order valence-corrected chi connectivity index (χ2v) is 10.6. The molecule has 196 valence electrons. The van der Waals surface area contributed by atoms with E-state index in [2.05, 4.69) is 5.32 Å². The number of anilines is 1. The molecule has 2 aromatic carbocycles. The highest BCUT2D eigenvalue weighted by molar-refractivity contribution is 7.92. The topological polar surface area (TPSA) is 114 Å². The quantitative estimate of drug-likeness (QED) is 0.485. The summed E-state index contributed by atoms with van der Waals surface area (Å²) in [6, 6.07) is 10.9. The Labute approximate surface area is 212 Å². The smallest absolute Gasteiger partial charge is 0.244 e. The van der Waals surface area contributed by atoms with E-state index < -0.39 is 28.5 Å². The highest BCUT2D eigenvalue weighted by Crippen LogP contribution is 2.36. The Morgan fingerprint density at radius 1 is 1.11 bits per heavy atom. The Bertz CT molecular complexity index is 1200. The van der Waals surface area contributed by atoms with Crippen molar-refractivity contribution in [3.63, 3.8) is 0 Å². The largest absolute Gasteiger partial charge is 0.497 e. The van der Waals surface area contributed by atoms with E-state index in [1.807, 2.05) is 19.9 Å². The lowest BCUT2D eigenvalue weighted by Gasteiger charge is -2.32. The Kier molecular flexibility index (Phi) is 8.67. The number of rotatable bonds is 11. The Morgan fingerprint density at radius 2 is 1.83 bits per heavy atom. The number of ether oxygens (including phenoxy) is 3. The van der Waals surface area contributed by atoms with Crippen molar-refractivity contribution in [2.45, 2.75) is 45.8 Å². The summed E-state index contributed by atoms with van der Waals surface area (Å²) in [7, 11) is -2.31. The fourth-order valence-corrected chi connectivity index (χ4v) is 4.51. The van der Waals surface area contributed by atoms with E-state index in [0.717, 1.165) is 22.5 Å². The summed E-state index contributed by atoms with van der Waals surface area (Å²) in [5.74, 6) is 0.633. The fourth-order valence-electron chi connectivity index (χ4n) is 3.67. The maximum Gasteiger partial charge on any atom is 0.244 e. The van der Waals surface area contributed by atoms with Gasteiger partial charge in [0.1, 0.15) is 18.3 Å². The van der Waals surface area contributed by atoms with Crippen LogP contribution < -0.4 is 23.8 Å². The van der Waals surface area contributed by atoms with Crippen LogP contribution in [0, 0.1) is 0 Å². The van der Waals surface area contributed by atoms with E-state index >= 15 is 0 Å². The average molecular weight is 520 g/mol. The lowest BCUT2D eigenvalue weighted by Crippen LogP contribution is -2.52. The number of nitrogens with one attached hydrogen (secondary N) is 1. The number of fused-ring (bicyclic) bond motifs is 1. The number of benzene rings is 2. The van der Waals surface area contributed by atoms with Crippen molar-refractivity contribution >= 4 is 27.5 Å². The lowest BCUT2D eigenvalue weighted by molar-refractivity contribution is -0.139. The van der Waals surface area contributed by atoms with Crippen LogP contribution >= 0.6 is 0 Å². The normalized spacial score (nSPS) is 14.0. The zero-order valence-electron chi connectivity index (χ0n) is 21.2. The molecule has 11 heteroatoms. The summed E-state index contributed by atoms with van der Waals surface area (Å²) < 4.78 is 42.4. The van der Waals surface area contributed by atoms with Crippen molar-refractivity contribution in [2.24, 2.45) is 0 Å². The molecule has 3 rings (SSSR count). The highest BCUT2D eigenvalue weighted by atomic mass is 32.2. The van der Waals surface area contributed by atoms with Crippen LogP contribution in [-0.2, 0) is 26.2 Å². The van der Waals surface area contributed by atoms with Crippen LogP contribution in [0.4, 0.5) is 5.69 Å². The first-order chi connectivity index (χ1) is 17.0. The minimum absolute atomic E-state index is 0.0354. The van der Waals surface area contributed by atoms with Gasteiger partial charge in [0.25, 0.3) is 0 Å². The van der Waals surface area contributed by atoms with E-state index in [1.165, 1.54) is 11.0 Å². The first-order valence-electron chi connectivity index (χ1n) is 11.6. The number of hydrogen-bond donors (Lipinski definition) is 1. The number of amides is 2. The monoisotopic (exact) mass is 519 g/mol. The van der Waals surface area contributed by atoms with Gasteiger partial charge in [-0.2, -0.15) is 0 Å². The van der Waals surface area contributed by atoms with E-state index in [4.69, 9.17) is 14.2 Å². The van der Waals surface area contributed by atoms with Crippen LogP contribution in [0.2, 0.25) is 0 Å². The van der Waals surface area contributed by atoms with Gasteiger partial charge in [-0.1, -0.05) is 19.1 Å². The summed E-state index contributed by atoms with van der Waals surface area (Å²) in [6.07, 6.45) is 1.75. The molecule has 1 N–H and O–H groups in total. The van der Waals surface area contributed by atoms with Gasteiger partial charge in [-0.05, 0) is 50.1 Å². The van der Waals surface area contributed by atoms with Gasteiger partial charge < -0.3 is 24.4 Å². The molecule has 2 atom stereocenters. The fraction of sp³-hybridized carbons (Fsp3) is 0.440. The van der Waals surface area contributed by atoms with Crippen molar-refractivity contribution in [1.29, 1.82) is 0 Å². The minimum atomic E-state index is -3.85. The molecule has 0 aliphatic carbocycles. The first-order valence-corrected chi connectivity index (χ1v) is 13.5. The molecule has 0 aromatic heterocycles. The molecule has 0 unspecified atom stereocenters. The Morgan fingerprint density at radius 3 is 2.50 bits per heavy atom. The van der Waals surface area contributed by atoms with E-state index in [9.17, 15) is 18.0 Å². The highest BCUT2D eigenvalue weighted by Gasteiger charge is 2.31. The third-order valence-corrected chi connectivity index (χ3v) is 7.12. The summed E-state index contributed by atoms with van der Waals surface area (Å²) >= 11 is 0. The van der Waals surface area contributed by atoms with Crippen molar-refractivity contribution < 1.29 is 32.2 Å². The number of nitrogens with zero attached hydrogens (tertiary/aromatic N) is 2. The molecule has 0 saturated heterocycles. The van der Waals surface area contributed by atoms with Crippen LogP contribution in [0.1, 0.15) is 32.8 Å². The van der Waals surface area contributed by atoms with Crippen molar-refractivity contribution in [3.05, 3.63) is 48.0 Å². The van der Waals surface area contributed by atoms with Gasteiger partial charge in [-0.3, -0.25) is 13.9 Å². The van der Waals surface area contributed by atoms with E-state index in [1.54, 1.807) is 44.4 Å². The molecule has 10 nitrogen and oxygen atoms in total. The number of hydrogen-bond acceptors (Lipinski definition) is 7. The van der Waals surface area contributed by atoms with Gasteiger partial charge in [0, 0.05) is 18.7 Å². The van der Waals surface area contributed by atoms with Crippen molar-refractivity contribution in [3.8, 4) is 17.2 Å². The van der Waals surface area contributed by atoms with E-state index in [-0.39, 0.29) is 31.0 Å². The Hall–Kier alpha value is -3.47. The Balaban J connectivity index is 1.92. The third-order valence-electron chi connectivity index (χ3n) is 5.98. The van der Waals surface area contributed by atoms with Gasteiger partial charge in [-0.15, -0.1) is 0 Å². The molecule has 0 saturated carbocycles. The predicted molar refractivity (Wildman–Crippen MR) is 136 cm³/mol. The first kappa shape index (κ1) is 27.1. The predicted octanol–water partition coefficient (Wildman–Crippen LogP) is 2.52. The molecule has 36 heavy (non-hydrogen) atoms. The summed E-state index contributed by atoms with van der Waals surface area (Å²) in [4.78, 5) is 28.0. The molecule has 0 spiro atoms. The molecule has 1 aliphatic rings. The number of sulfonamides is 1. The van der Waals surface area contributed by atoms with Crippen LogP contribution in [-0.4, -0.2) is 63.9 Å². The minimum Gasteiger partial charge on any atom is -0.497 e. The lowest BCUT2D eigenvalue weighted by atomic mass is 10.1. The van der Waals surface area contributed by atoms with Crippen LogP contribution in [0.15, 0.2) is 42.5 Å². The molecular weight excluding hydrogens is 486 g/mol. The SMILES string of the molecule is CC[C@@H](C)NC(=O)[C@@H](C)N(Cc1cccc(OC)c1)C(=O)CN(c1ccc2c(c1)OCO2)S(C)(=O)=O. The van der Waals surface area contributed by atoms with Crippen molar-refractivity contribution in [1.82, 2.24) is 10.2 Å². The van der Waals surface area contributed by atoms with Crippen LogP contribution in [0.3, 0.4) is 0 Å². The zero-order valence-corrected chi connectivity index (χ0v) is 22.0. The zero-order chi connectivity index (χ0) is 26.5. The number of methoxy groups -OCH3 is 1. The average Bonchev–Trinajstić information content (AvgIpc) is 3.32. The van der Waals surface area contributed by atoms with Crippen LogP contribution in [0.25, 0.3) is 0 Å². The van der Waals surface area contributed by atoms with Gasteiger partial charge in [0.15, 0.2) is 11.5 Å². The molecule has 0 bridgehead atoms. The third kappa shape index (κ3) is 6.60. The maximum atomic E-state index is 13.6. The van der Waals surface area contributed by atoms with Gasteiger partial charge >= 0.3 is 0 Å². The van der Waals surface area contributed by atoms with Gasteiger partial charge in [0.2, 0.25) is 28.6 Å². The second-order valence-electron chi connectivity index (χ2n) is 8.67. The number of carbonyl (C=O) groups is 2. The maximum absolute atomic E-state index is 13.6. The number of carbonyl (C=O) groups excluding carboxylic acids is 2.